The van der Waals surface area contributed by atoms with Gasteiger partial charge in [0.1, 0.15) is 0 Å². The van der Waals surface area contributed by atoms with Gasteiger partial charge in [0.15, 0.2) is 0 Å². The van der Waals surface area contributed by atoms with Gasteiger partial charge in [-0.3, -0.25) is 4.68 Å². The van der Waals surface area contributed by atoms with E-state index < -0.39 is 0 Å². The third-order valence-electron chi connectivity index (χ3n) is 3.41. The van der Waals surface area contributed by atoms with Crippen LogP contribution in [0.3, 0.4) is 0 Å². The molecule has 2 unspecified atom stereocenters. The Balaban J connectivity index is 2.07. The standard InChI is InChI=1S/C16H23N3O/c1-12(2)19-10-9-14(18-19)11-15(17)16(20-3)13-7-5-4-6-8-13/h4-10,12,15-16H,11,17H2,1-3H3. The van der Waals surface area contributed by atoms with Crippen LogP contribution in [-0.4, -0.2) is 22.9 Å². The lowest BCUT2D eigenvalue weighted by Crippen LogP contribution is -2.32. The molecule has 0 bridgehead atoms. The Morgan fingerprint density at radius 2 is 1.90 bits per heavy atom. The van der Waals surface area contributed by atoms with Crippen LogP contribution in [0.4, 0.5) is 0 Å². The van der Waals surface area contributed by atoms with E-state index in [1.807, 2.05) is 47.3 Å². The second-order valence-electron chi connectivity index (χ2n) is 5.32. The molecule has 2 rings (SSSR count). The molecule has 108 valence electrons. The van der Waals surface area contributed by atoms with Gasteiger partial charge in [-0.15, -0.1) is 0 Å². The van der Waals surface area contributed by atoms with Gasteiger partial charge in [0.25, 0.3) is 0 Å². The highest BCUT2D eigenvalue weighted by Gasteiger charge is 2.20. The number of rotatable bonds is 6. The predicted molar refractivity (Wildman–Crippen MR) is 80.5 cm³/mol. The summed E-state index contributed by atoms with van der Waals surface area (Å²) in [5, 5.41) is 4.54. The molecule has 0 saturated carbocycles. The van der Waals surface area contributed by atoms with E-state index in [1.165, 1.54) is 0 Å². The van der Waals surface area contributed by atoms with Gasteiger partial charge in [0, 0.05) is 31.8 Å². The first-order valence-electron chi connectivity index (χ1n) is 6.99. The molecule has 2 atom stereocenters. The zero-order chi connectivity index (χ0) is 14.5. The molecule has 0 aliphatic rings. The van der Waals surface area contributed by atoms with Crippen molar-refractivity contribution >= 4 is 0 Å². The molecule has 0 saturated heterocycles. The smallest absolute Gasteiger partial charge is 0.0975 e. The highest BCUT2D eigenvalue weighted by atomic mass is 16.5. The van der Waals surface area contributed by atoms with Gasteiger partial charge in [-0.2, -0.15) is 5.10 Å². The van der Waals surface area contributed by atoms with Crippen molar-refractivity contribution in [3.63, 3.8) is 0 Å². The van der Waals surface area contributed by atoms with Crippen molar-refractivity contribution in [2.75, 3.05) is 7.11 Å². The predicted octanol–water partition coefficient (Wildman–Crippen LogP) is 2.72. The summed E-state index contributed by atoms with van der Waals surface area (Å²) >= 11 is 0. The van der Waals surface area contributed by atoms with Gasteiger partial charge < -0.3 is 10.5 Å². The highest BCUT2D eigenvalue weighted by molar-refractivity contribution is 5.20. The zero-order valence-electron chi connectivity index (χ0n) is 12.4. The molecule has 0 fully saturated rings. The number of nitrogens with two attached hydrogens (primary N) is 1. The van der Waals surface area contributed by atoms with Crippen molar-refractivity contribution in [1.82, 2.24) is 9.78 Å². The summed E-state index contributed by atoms with van der Waals surface area (Å²) in [6.45, 7) is 4.22. The Morgan fingerprint density at radius 3 is 2.45 bits per heavy atom. The molecular formula is C16H23N3O. The molecule has 0 aliphatic heterocycles. The topological polar surface area (TPSA) is 53.1 Å². The van der Waals surface area contributed by atoms with Crippen LogP contribution < -0.4 is 5.73 Å². The number of nitrogens with zero attached hydrogens (tertiary/aromatic N) is 2. The molecule has 0 amide bonds. The number of aromatic nitrogens is 2. The molecule has 1 aromatic carbocycles. The second kappa shape index (κ2) is 6.68. The number of methoxy groups -OCH3 is 1. The first-order valence-corrected chi connectivity index (χ1v) is 6.99. The number of benzene rings is 1. The van der Waals surface area contributed by atoms with Gasteiger partial charge in [-0.25, -0.2) is 0 Å². The third-order valence-corrected chi connectivity index (χ3v) is 3.41. The van der Waals surface area contributed by atoms with E-state index in [0.717, 1.165) is 11.3 Å². The third kappa shape index (κ3) is 3.46. The summed E-state index contributed by atoms with van der Waals surface area (Å²) in [6, 6.07) is 12.4. The Kier molecular flexibility index (Phi) is 4.93. The van der Waals surface area contributed by atoms with Gasteiger partial charge in [-0.1, -0.05) is 30.3 Å². The van der Waals surface area contributed by atoms with Crippen LogP contribution in [0.25, 0.3) is 0 Å². The van der Waals surface area contributed by atoms with Crippen LogP contribution in [0.15, 0.2) is 42.6 Å². The SMILES string of the molecule is COC(c1ccccc1)C(N)Cc1ccn(C(C)C)n1. The number of hydrogen-bond donors (Lipinski definition) is 1. The maximum absolute atomic E-state index is 6.30. The van der Waals surface area contributed by atoms with Crippen LogP contribution in [0, 0.1) is 0 Å². The summed E-state index contributed by atoms with van der Waals surface area (Å²) in [5.41, 5.74) is 8.41. The summed E-state index contributed by atoms with van der Waals surface area (Å²) in [4.78, 5) is 0. The first-order chi connectivity index (χ1) is 9.61. The quantitative estimate of drug-likeness (QED) is 0.880. The lowest BCUT2D eigenvalue weighted by Gasteiger charge is -2.22. The molecule has 0 radical (unpaired) electrons. The van der Waals surface area contributed by atoms with E-state index in [4.69, 9.17) is 10.5 Å². The van der Waals surface area contributed by atoms with Crippen LogP contribution in [0.2, 0.25) is 0 Å². The van der Waals surface area contributed by atoms with E-state index in [9.17, 15) is 0 Å². The van der Waals surface area contributed by atoms with Crippen molar-refractivity contribution in [3.05, 3.63) is 53.9 Å². The van der Waals surface area contributed by atoms with Crippen LogP contribution in [0.5, 0.6) is 0 Å². The van der Waals surface area contributed by atoms with Crippen LogP contribution in [0.1, 0.15) is 37.3 Å². The molecule has 1 aromatic heterocycles. The van der Waals surface area contributed by atoms with Crippen LogP contribution >= 0.6 is 0 Å². The molecule has 20 heavy (non-hydrogen) atoms. The van der Waals surface area contributed by atoms with Crippen molar-refractivity contribution < 1.29 is 4.74 Å². The number of ether oxygens (including phenoxy) is 1. The average molecular weight is 273 g/mol. The van der Waals surface area contributed by atoms with Crippen molar-refractivity contribution in [3.8, 4) is 0 Å². The van der Waals surface area contributed by atoms with Crippen molar-refractivity contribution in [2.45, 2.75) is 38.5 Å². The van der Waals surface area contributed by atoms with Gasteiger partial charge in [0.2, 0.25) is 0 Å². The molecule has 0 aliphatic carbocycles. The van der Waals surface area contributed by atoms with E-state index in [2.05, 4.69) is 18.9 Å². The minimum Gasteiger partial charge on any atom is -0.375 e. The van der Waals surface area contributed by atoms with Gasteiger partial charge in [-0.05, 0) is 25.5 Å². The molecule has 4 heteroatoms. The zero-order valence-corrected chi connectivity index (χ0v) is 12.4. The van der Waals surface area contributed by atoms with E-state index in [1.54, 1.807) is 7.11 Å². The lowest BCUT2D eigenvalue weighted by molar-refractivity contribution is 0.0799. The molecular weight excluding hydrogens is 250 g/mol. The fourth-order valence-electron chi connectivity index (χ4n) is 2.32. The summed E-state index contributed by atoms with van der Waals surface area (Å²) < 4.78 is 7.52. The molecule has 4 nitrogen and oxygen atoms in total. The largest absolute Gasteiger partial charge is 0.375 e. The molecule has 2 aromatic rings. The molecule has 0 spiro atoms. The minimum atomic E-state index is -0.113. The fourth-order valence-corrected chi connectivity index (χ4v) is 2.32. The van der Waals surface area contributed by atoms with E-state index in [-0.39, 0.29) is 12.1 Å². The average Bonchev–Trinajstić information content (AvgIpc) is 2.89. The maximum Gasteiger partial charge on any atom is 0.0975 e. The Hall–Kier alpha value is -1.65. The normalized spacial score (nSPS) is 14.4. The lowest BCUT2D eigenvalue weighted by atomic mass is 9.99. The molecule has 2 N–H and O–H groups in total. The first kappa shape index (κ1) is 14.8. The Bertz CT molecular complexity index is 522. The summed E-state index contributed by atoms with van der Waals surface area (Å²) in [5.74, 6) is 0. The van der Waals surface area contributed by atoms with Gasteiger partial charge in [0.05, 0.1) is 11.8 Å². The second-order valence-corrected chi connectivity index (χ2v) is 5.32. The summed E-state index contributed by atoms with van der Waals surface area (Å²) in [6.07, 6.45) is 2.59. The van der Waals surface area contributed by atoms with Crippen LogP contribution in [-0.2, 0) is 11.2 Å². The monoisotopic (exact) mass is 273 g/mol. The highest BCUT2D eigenvalue weighted by Crippen LogP contribution is 2.21. The Morgan fingerprint density at radius 1 is 1.20 bits per heavy atom. The fraction of sp³-hybridized carbons (Fsp3) is 0.438. The number of hydrogen-bond acceptors (Lipinski definition) is 3. The maximum atomic E-state index is 6.30. The Labute approximate surface area is 120 Å². The van der Waals surface area contributed by atoms with Crippen molar-refractivity contribution in [1.29, 1.82) is 0 Å². The van der Waals surface area contributed by atoms with E-state index in [0.29, 0.717) is 12.5 Å². The van der Waals surface area contributed by atoms with E-state index >= 15 is 0 Å². The van der Waals surface area contributed by atoms with Crippen molar-refractivity contribution in [2.24, 2.45) is 5.73 Å². The minimum absolute atomic E-state index is 0.111. The van der Waals surface area contributed by atoms with Gasteiger partial charge >= 0.3 is 0 Å². The molecule has 1 heterocycles. The summed E-state index contributed by atoms with van der Waals surface area (Å²) in [7, 11) is 1.70.